The highest BCUT2D eigenvalue weighted by molar-refractivity contribution is 5.69. The lowest BCUT2D eigenvalue weighted by molar-refractivity contribution is 0.0206. The Labute approximate surface area is 210 Å². The number of aromatic nitrogens is 4. The van der Waals surface area contributed by atoms with Crippen molar-refractivity contribution >= 4 is 17.6 Å². The van der Waals surface area contributed by atoms with E-state index in [1.165, 1.54) is 6.07 Å². The van der Waals surface area contributed by atoms with Gasteiger partial charge in [0.25, 0.3) is 0 Å². The Morgan fingerprint density at radius 2 is 1.97 bits per heavy atom. The summed E-state index contributed by atoms with van der Waals surface area (Å²) < 4.78 is 27.7. The first-order valence-corrected chi connectivity index (χ1v) is 12.5. The molecule has 1 N–H and O–H groups in total. The number of rotatable bonds is 5. The molecule has 3 aromatic heterocycles. The maximum absolute atomic E-state index is 14.9. The van der Waals surface area contributed by atoms with Crippen LogP contribution in [0.25, 0.3) is 17.0 Å². The molecule has 192 valence electrons. The third-order valence-corrected chi connectivity index (χ3v) is 6.46. The smallest absolute Gasteiger partial charge is 0.410 e. The Morgan fingerprint density at radius 1 is 1.19 bits per heavy atom. The lowest BCUT2D eigenvalue weighted by atomic mass is 10.1. The normalized spacial score (nSPS) is 18.4. The molecule has 1 aliphatic heterocycles. The monoisotopic (exact) mass is 496 g/mol. The van der Waals surface area contributed by atoms with Gasteiger partial charge in [0, 0.05) is 31.1 Å². The lowest BCUT2D eigenvalue weighted by Gasteiger charge is -2.34. The molecule has 0 spiro atoms. The summed E-state index contributed by atoms with van der Waals surface area (Å²) in [5, 5.41) is 8.07. The van der Waals surface area contributed by atoms with Crippen molar-refractivity contribution in [1.29, 1.82) is 0 Å². The molecule has 0 aromatic carbocycles. The minimum atomic E-state index is -0.567. The van der Waals surface area contributed by atoms with Gasteiger partial charge in [0.2, 0.25) is 0 Å². The molecule has 1 aliphatic carbocycles. The second-order valence-corrected chi connectivity index (χ2v) is 10.6. The van der Waals surface area contributed by atoms with Crippen LogP contribution in [0.15, 0.2) is 18.2 Å². The second kappa shape index (κ2) is 9.22. The zero-order chi connectivity index (χ0) is 25.6. The number of carbonyl (C=O) groups is 1. The third kappa shape index (κ3) is 4.94. The molecule has 36 heavy (non-hydrogen) atoms. The summed E-state index contributed by atoms with van der Waals surface area (Å²) in [6.07, 6.45) is 3.40. The highest BCUT2D eigenvalue weighted by Gasteiger charge is 2.31. The second-order valence-electron chi connectivity index (χ2n) is 10.6. The number of nitrogens with zero attached hydrogens (tertiary/aromatic N) is 5. The number of pyridine rings is 1. The van der Waals surface area contributed by atoms with Gasteiger partial charge in [-0.2, -0.15) is 5.10 Å². The van der Waals surface area contributed by atoms with Gasteiger partial charge < -0.3 is 19.7 Å². The molecule has 10 heteroatoms. The molecule has 0 bridgehead atoms. The maximum atomic E-state index is 14.9. The van der Waals surface area contributed by atoms with Gasteiger partial charge in [0.15, 0.2) is 17.3 Å². The van der Waals surface area contributed by atoms with Crippen molar-refractivity contribution in [2.24, 2.45) is 0 Å². The summed E-state index contributed by atoms with van der Waals surface area (Å²) in [4.78, 5) is 23.5. The van der Waals surface area contributed by atoms with Crippen LogP contribution >= 0.6 is 0 Å². The van der Waals surface area contributed by atoms with Crippen LogP contribution in [0.1, 0.15) is 63.8 Å². The van der Waals surface area contributed by atoms with Crippen LogP contribution in [0.5, 0.6) is 5.75 Å². The standard InChI is InChI=1S/C26H33FN6O3/c1-15-23(33-21(28-15)13-20(35-5)22(31-33)16-8-9-16)19-11-10-18(27)24(30-19)29-17-7-6-12-32(14-17)25(34)36-26(2,3)4/h10-11,13,16-17H,6-9,12,14H2,1-5H3,(H,29,30)/t17-/m1/s1. The Morgan fingerprint density at radius 3 is 2.67 bits per heavy atom. The number of anilines is 1. The minimum Gasteiger partial charge on any atom is -0.495 e. The predicted molar refractivity (Wildman–Crippen MR) is 134 cm³/mol. The highest BCUT2D eigenvalue weighted by atomic mass is 19.1. The van der Waals surface area contributed by atoms with Gasteiger partial charge in [-0.25, -0.2) is 23.7 Å². The molecule has 1 amide bonds. The van der Waals surface area contributed by atoms with Crippen LogP contribution in [0.4, 0.5) is 15.0 Å². The van der Waals surface area contributed by atoms with Gasteiger partial charge in [-0.05, 0) is 65.5 Å². The Hall–Kier alpha value is -3.43. The molecule has 9 nitrogen and oxygen atoms in total. The number of ether oxygens (including phenoxy) is 2. The third-order valence-electron chi connectivity index (χ3n) is 6.46. The van der Waals surface area contributed by atoms with E-state index in [0.29, 0.717) is 30.3 Å². The van der Waals surface area contributed by atoms with Gasteiger partial charge in [-0.1, -0.05) is 0 Å². The van der Waals surface area contributed by atoms with Crippen LogP contribution in [0, 0.1) is 12.7 Å². The maximum Gasteiger partial charge on any atom is 0.410 e. The number of likely N-dealkylation sites (tertiary alicyclic amines) is 1. The average Bonchev–Trinajstić information content (AvgIpc) is 3.61. The summed E-state index contributed by atoms with van der Waals surface area (Å²) in [6.45, 7) is 8.46. The van der Waals surface area contributed by atoms with E-state index in [9.17, 15) is 9.18 Å². The SMILES string of the molecule is COc1cc2nc(C)c(-c3ccc(F)c(N[C@@H]4CCCN(C(=O)OC(C)(C)C)C4)n3)n2nc1C1CC1. The molecular formula is C26H33FN6O3. The lowest BCUT2D eigenvalue weighted by Crippen LogP contribution is -2.47. The number of nitrogens with one attached hydrogen (secondary N) is 1. The number of methoxy groups -OCH3 is 1. The summed E-state index contributed by atoms with van der Waals surface area (Å²) in [7, 11) is 1.64. The van der Waals surface area contributed by atoms with Crippen molar-refractivity contribution in [2.75, 3.05) is 25.5 Å². The van der Waals surface area contributed by atoms with Crippen LogP contribution in [-0.2, 0) is 4.74 Å². The zero-order valence-electron chi connectivity index (χ0n) is 21.5. The van der Waals surface area contributed by atoms with Gasteiger partial charge in [0.1, 0.15) is 22.7 Å². The number of fused-ring (bicyclic) bond motifs is 1. The van der Waals surface area contributed by atoms with Gasteiger partial charge >= 0.3 is 6.09 Å². The molecule has 0 radical (unpaired) electrons. The van der Waals surface area contributed by atoms with Crippen LogP contribution in [0.2, 0.25) is 0 Å². The van der Waals surface area contributed by atoms with E-state index in [-0.39, 0.29) is 18.0 Å². The Bertz CT molecular complexity index is 1300. The zero-order valence-corrected chi connectivity index (χ0v) is 21.5. The van der Waals surface area contributed by atoms with Crippen molar-refractivity contribution in [3.63, 3.8) is 0 Å². The first-order valence-electron chi connectivity index (χ1n) is 12.5. The van der Waals surface area contributed by atoms with Crippen molar-refractivity contribution in [1.82, 2.24) is 24.5 Å². The van der Waals surface area contributed by atoms with E-state index in [0.717, 1.165) is 48.5 Å². The molecule has 4 heterocycles. The number of amides is 1. The number of carbonyl (C=O) groups excluding carboxylic acids is 1. The van der Waals surface area contributed by atoms with E-state index < -0.39 is 11.4 Å². The molecule has 2 fully saturated rings. The quantitative estimate of drug-likeness (QED) is 0.535. The minimum absolute atomic E-state index is 0.143. The number of piperidine rings is 1. The van der Waals surface area contributed by atoms with Crippen molar-refractivity contribution in [3.05, 3.63) is 35.4 Å². The largest absolute Gasteiger partial charge is 0.495 e. The summed E-state index contributed by atoms with van der Waals surface area (Å²) in [5.74, 6) is 0.821. The molecule has 3 aromatic rings. The number of imidazole rings is 1. The van der Waals surface area contributed by atoms with Crippen molar-refractivity contribution in [3.8, 4) is 17.1 Å². The molecule has 1 saturated heterocycles. The van der Waals surface area contributed by atoms with Crippen LogP contribution < -0.4 is 10.1 Å². The summed E-state index contributed by atoms with van der Waals surface area (Å²) in [6, 6.07) is 4.81. The van der Waals surface area contributed by atoms with Gasteiger partial charge in [-0.3, -0.25) is 0 Å². The summed E-state index contributed by atoms with van der Waals surface area (Å²) >= 11 is 0. The first-order chi connectivity index (χ1) is 17.1. The van der Waals surface area contributed by atoms with E-state index >= 15 is 0 Å². The van der Waals surface area contributed by atoms with E-state index in [4.69, 9.17) is 14.6 Å². The Kier molecular flexibility index (Phi) is 6.22. The topological polar surface area (TPSA) is 93.9 Å². The van der Waals surface area contributed by atoms with E-state index in [2.05, 4.69) is 15.3 Å². The fraction of sp³-hybridized carbons (Fsp3) is 0.538. The van der Waals surface area contributed by atoms with Gasteiger partial charge in [-0.15, -0.1) is 0 Å². The fourth-order valence-corrected chi connectivity index (χ4v) is 4.64. The van der Waals surface area contributed by atoms with Gasteiger partial charge in [0.05, 0.1) is 18.5 Å². The van der Waals surface area contributed by atoms with Crippen molar-refractivity contribution < 1.29 is 18.7 Å². The number of hydrogen-bond acceptors (Lipinski definition) is 7. The highest BCUT2D eigenvalue weighted by Crippen LogP contribution is 2.43. The Balaban J connectivity index is 1.42. The molecule has 2 aliphatic rings. The summed E-state index contributed by atoms with van der Waals surface area (Å²) in [5.41, 5.74) is 3.04. The molecule has 1 atom stereocenters. The van der Waals surface area contributed by atoms with Crippen molar-refractivity contribution in [2.45, 2.75) is 70.9 Å². The first kappa shape index (κ1) is 24.3. The van der Waals surface area contributed by atoms with Crippen LogP contribution in [-0.4, -0.2) is 62.4 Å². The molecule has 5 rings (SSSR count). The predicted octanol–water partition coefficient (Wildman–Crippen LogP) is 4.94. The number of hydrogen-bond donors (Lipinski definition) is 1. The molecule has 1 saturated carbocycles. The number of aryl methyl sites for hydroxylation is 1. The van der Waals surface area contributed by atoms with E-state index in [1.807, 2.05) is 33.8 Å². The van der Waals surface area contributed by atoms with E-state index in [1.54, 1.807) is 22.6 Å². The molecule has 0 unspecified atom stereocenters. The average molecular weight is 497 g/mol. The van der Waals surface area contributed by atoms with Crippen LogP contribution in [0.3, 0.4) is 0 Å². The number of halogens is 1. The molecular weight excluding hydrogens is 463 g/mol. The fourth-order valence-electron chi connectivity index (χ4n) is 4.64.